The van der Waals surface area contributed by atoms with Crippen molar-refractivity contribution >= 4 is 11.6 Å². The molecule has 2 nitrogen and oxygen atoms in total. The first-order valence-electron chi connectivity index (χ1n) is 5.39. The third kappa shape index (κ3) is 4.03. The first kappa shape index (κ1) is 13.3. The normalized spacial score (nSPS) is 13.8. The van der Waals surface area contributed by atoms with Crippen molar-refractivity contribution in [3.05, 3.63) is 0 Å². The molecule has 0 aromatic carbocycles. The molecule has 0 saturated heterocycles. The van der Waals surface area contributed by atoms with Crippen molar-refractivity contribution in [3.63, 3.8) is 0 Å². The predicted octanol–water partition coefficient (Wildman–Crippen LogP) is 3.00. The summed E-state index contributed by atoms with van der Waals surface area (Å²) >= 11 is 0. The van der Waals surface area contributed by atoms with Crippen LogP contribution in [0.5, 0.6) is 0 Å². The molecular formula is C12H22O2. The second kappa shape index (κ2) is 5.28. The van der Waals surface area contributed by atoms with E-state index in [1.165, 1.54) is 0 Å². The van der Waals surface area contributed by atoms with Crippen LogP contribution in [0, 0.1) is 11.3 Å². The van der Waals surface area contributed by atoms with Crippen LogP contribution >= 0.6 is 0 Å². The zero-order valence-electron chi connectivity index (χ0n) is 10.0. The van der Waals surface area contributed by atoms with Gasteiger partial charge in [0.1, 0.15) is 0 Å². The Labute approximate surface area is 87.1 Å². The standard InChI is InChI=1S/C12H22O2/c1-6-7-8-9(2)10(13)11(14)12(3,4)5/h9H,6-8H2,1-5H3. The molecule has 1 atom stereocenters. The number of hydrogen-bond acceptors (Lipinski definition) is 2. The van der Waals surface area contributed by atoms with E-state index in [2.05, 4.69) is 6.92 Å². The lowest BCUT2D eigenvalue weighted by Crippen LogP contribution is -2.32. The van der Waals surface area contributed by atoms with Gasteiger partial charge in [-0.05, 0) is 6.42 Å². The monoisotopic (exact) mass is 198 g/mol. The number of carbonyl (C=O) groups excluding carboxylic acids is 2. The highest BCUT2D eigenvalue weighted by Crippen LogP contribution is 2.19. The molecule has 2 heteroatoms. The Morgan fingerprint density at radius 2 is 1.71 bits per heavy atom. The average molecular weight is 198 g/mol. The van der Waals surface area contributed by atoms with Gasteiger partial charge in [0.25, 0.3) is 0 Å². The molecule has 0 aromatic heterocycles. The molecule has 0 aromatic rings. The number of unbranched alkanes of at least 4 members (excludes halogenated alkanes) is 1. The van der Waals surface area contributed by atoms with E-state index < -0.39 is 5.41 Å². The maximum Gasteiger partial charge on any atom is 0.203 e. The van der Waals surface area contributed by atoms with Crippen molar-refractivity contribution in [1.29, 1.82) is 0 Å². The molecule has 0 aliphatic heterocycles. The van der Waals surface area contributed by atoms with Crippen LogP contribution in [0.15, 0.2) is 0 Å². The first-order valence-corrected chi connectivity index (χ1v) is 5.39. The van der Waals surface area contributed by atoms with Gasteiger partial charge in [0.15, 0.2) is 0 Å². The Morgan fingerprint density at radius 3 is 2.07 bits per heavy atom. The number of Topliss-reactive ketones (excluding diaryl/α,β-unsaturated/α-hetero) is 2. The van der Waals surface area contributed by atoms with E-state index >= 15 is 0 Å². The number of hydrogen-bond donors (Lipinski definition) is 0. The van der Waals surface area contributed by atoms with E-state index in [0.717, 1.165) is 19.3 Å². The van der Waals surface area contributed by atoms with Gasteiger partial charge in [-0.15, -0.1) is 0 Å². The molecule has 0 spiro atoms. The number of ketones is 2. The Hall–Kier alpha value is -0.660. The Bertz CT molecular complexity index is 211. The molecule has 0 aliphatic carbocycles. The van der Waals surface area contributed by atoms with E-state index in [9.17, 15) is 9.59 Å². The largest absolute Gasteiger partial charge is 0.291 e. The van der Waals surface area contributed by atoms with Gasteiger partial charge < -0.3 is 0 Å². The molecule has 0 rings (SSSR count). The number of carbonyl (C=O) groups is 2. The summed E-state index contributed by atoms with van der Waals surface area (Å²) < 4.78 is 0. The molecule has 0 aliphatic rings. The van der Waals surface area contributed by atoms with Gasteiger partial charge >= 0.3 is 0 Å². The maximum absolute atomic E-state index is 11.6. The smallest absolute Gasteiger partial charge is 0.203 e. The summed E-state index contributed by atoms with van der Waals surface area (Å²) in [5.41, 5.74) is -0.530. The van der Waals surface area contributed by atoms with Crippen LogP contribution in [0.1, 0.15) is 53.9 Å². The van der Waals surface area contributed by atoms with Crippen LogP contribution in [0.2, 0.25) is 0 Å². The average Bonchev–Trinajstić information content (AvgIpc) is 2.10. The summed E-state index contributed by atoms with van der Waals surface area (Å²) in [4.78, 5) is 23.3. The minimum absolute atomic E-state index is 0.110. The summed E-state index contributed by atoms with van der Waals surface area (Å²) in [5.74, 6) is -0.547. The van der Waals surface area contributed by atoms with Crippen molar-refractivity contribution in [2.75, 3.05) is 0 Å². The van der Waals surface area contributed by atoms with Gasteiger partial charge in [0.2, 0.25) is 11.6 Å². The van der Waals surface area contributed by atoms with Crippen molar-refractivity contribution in [3.8, 4) is 0 Å². The first-order chi connectivity index (χ1) is 6.30. The molecule has 14 heavy (non-hydrogen) atoms. The van der Waals surface area contributed by atoms with Crippen molar-refractivity contribution < 1.29 is 9.59 Å². The fraction of sp³-hybridized carbons (Fsp3) is 0.833. The third-order valence-electron chi connectivity index (χ3n) is 2.34. The highest BCUT2D eigenvalue weighted by atomic mass is 16.2. The van der Waals surface area contributed by atoms with Crippen LogP contribution in [0.3, 0.4) is 0 Å². The quantitative estimate of drug-likeness (QED) is 0.636. The zero-order chi connectivity index (χ0) is 11.4. The molecule has 0 bridgehead atoms. The molecule has 0 radical (unpaired) electrons. The molecule has 0 saturated carbocycles. The lowest BCUT2D eigenvalue weighted by atomic mass is 9.83. The summed E-state index contributed by atoms with van der Waals surface area (Å²) in [6, 6.07) is 0. The third-order valence-corrected chi connectivity index (χ3v) is 2.34. The molecule has 0 fully saturated rings. The lowest BCUT2D eigenvalue weighted by molar-refractivity contribution is -0.143. The van der Waals surface area contributed by atoms with Gasteiger partial charge in [0, 0.05) is 11.3 Å². The Kier molecular flexibility index (Phi) is 5.03. The van der Waals surface area contributed by atoms with Gasteiger partial charge in [-0.3, -0.25) is 9.59 Å². The van der Waals surface area contributed by atoms with E-state index in [4.69, 9.17) is 0 Å². The highest BCUT2D eigenvalue weighted by Gasteiger charge is 2.30. The summed E-state index contributed by atoms with van der Waals surface area (Å²) in [7, 11) is 0. The molecule has 1 unspecified atom stereocenters. The van der Waals surface area contributed by atoms with E-state index in [1.807, 2.05) is 6.92 Å². The molecule has 0 heterocycles. The SMILES string of the molecule is CCCCC(C)C(=O)C(=O)C(C)(C)C. The van der Waals surface area contributed by atoms with Crippen molar-refractivity contribution in [1.82, 2.24) is 0 Å². The van der Waals surface area contributed by atoms with Crippen molar-refractivity contribution in [2.24, 2.45) is 11.3 Å². The highest BCUT2D eigenvalue weighted by molar-refractivity contribution is 6.39. The predicted molar refractivity (Wildman–Crippen MR) is 58.2 cm³/mol. The topological polar surface area (TPSA) is 34.1 Å². The van der Waals surface area contributed by atoms with Gasteiger partial charge in [-0.1, -0.05) is 47.5 Å². The van der Waals surface area contributed by atoms with E-state index in [0.29, 0.717) is 0 Å². The van der Waals surface area contributed by atoms with Crippen molar-refractivity contribution in [2.45, 2.75) is 53.9 Å². The van der Waals surface area contributed by atoms with Gasteiger partial charge in [-0.25, -0.2) is 0 Å². The van der Waals surface area contributed by atoms with Gasteiger partial charge in [0.05, 0.1) is 0 Å². The zero-order valence-corrected chi connectivity index (χ0v) is 10.0. The Balaban J connectivity index is 4.26. The second-order valence-electron chi connectivity index (χ2n) is 4.99. The molecule has 82 valence electrons. The number of rotatable bonds is 5. The maximum atomic E-state index is 11.6. The van der Waals surface area contributed by atoms with E-state index in [-0.39, 0.29) is 17.5 Å². The molecule has 0 amide bonds. The minimum Gasteiger partial charge on any atom is -0.291 e. The summed E-state index contributed by atoms with van der Waals surface area (Å²) in [5, 5.41) is 0. The summed E-state index contributed by atoms with van der Waals surface area (Å²) in [6.45, 7) is 9.31. The van der Waals surface area contributed by atoms with Crippen LogP contribution in [-0.2, 0) is 9.59 Å². The van der Waals surface area contributed by atoms with Gasteiger partial charge in [-0.2, -0.15) is 0 Å². The lowest BCUT2D eigenvalue weighted by Gasteiger charge is -2.18. The van der Waals surface area contributed by atoms with Crippen LogP contribution in [-0.4, -0.2) is 11.6 Å². The fourth-order valence-electron chi connectivity index (χ4n) is 1.23. The van der Waals surface area contributed by atoms with Crippen LogP contribution in [0.25, 0.3) is 0 Å². The Morgan fingerprint density at radius 1 is 1.21 bits per heavy atom. The molecular weight excluding hydrogens is 176 g/mol. The van der Waals surface area contributed by atoms with E-state index in [1.54, 1.807) is 20.8 Å². The van der Waals surface area contributed by atoms with Crippen LogP contribution in [0.4, 0.5) is 0 Å². The fourth-order valence-corrected chi connectivity index (χ4v) is 1.23. The summed E-state index contributed by atoms with van der Waals surface area (Å²) in [6.07, 6.45) is 2.92. The van der Waals surface area contributed by atoms with Crippen LogP contribution < -0.4 is 0 Å². The molecule has 0 N–H and O–H groups in total. The minimum atomic E-state index is -0.530. The second-order valence-corrected chi connectivity index (χ2v) is 4.99.